The lowest BCUT2D eigenvalue weighted by Crippen LogP contribution is -2.04. The van der Waals surface area contributed by atoms with Crippen molar-refractivity contribution >= 4 is 27.4 Å². The van der Waals surface area contributed by atoms with Crippen LogP contribution in [0.15, 0.2) is 23.5 Å². The topological polar surface area (TPSA) is 55.1 Å². The second kappa shape index (κ2) is 3.98. The van der Waals surface area contributed by atoms with Crippen molar-refractivity contribution in [2.45, 2.75) is 6.92 Å². The van der Waals surface area contributed by atoms with E-state index in [1.54, 1.807) is 6.20 Å². The lowest BCUT2D eigenvalue weighted by atomic mass is 10.5. The fraction of sp³-hybridized carbons (Fsp3) is 0.222. The Morgan fingerprint density at radius 1 is 1.60 bits per heavy atom. The van der Waals surface area contributed by atoms with Crippen molar-refractivity contribution < 1.29 is 0 Å². The van der Waals surface area contributed by atoms with E-state index in [9.17, 15) is 0 Å². The van der Waals surface area contributed by atoms with Crippen molar-refractivity contribution in [1.29, 1.82) is 0 Å². The molecule has 5 nitrogen and oxygen atoms in total. The number of aryl methyl sites for hydroxylation is 1. The number of nitrogens with zero attached hydrogens (tertiary/aromatic N) is 4. The monoisotopic (exact) mass is 267 g/mol. The van der Waals surface area contributed by atoms with E-state index in [0.29, 0.717) is 12.4 Å². The van der Waals surface area contributed by atoms with Crippen LogP contribution in [0.3, 0.4) is 0 Å². The third kappa shape index (κ3) is 1.99. The van der Waals surface area contributed by atoms with E-state index in [1.807, 2.05) is 17.5 Å². The third-order valence-corrected chi connectivity index (χ3v) is 2.23. The molecule has 15 heavy (non-hydrogen) atoms. The highest BCUT2D eigenvalue weighted by Gasteiger charge is 2.06. The van der Waals surface area contributed by atoms with Gasteiger partial charge < -0.3 is 5.32 Å². The van der Waals surface area contributed by atoms with E-state index in [0.717, 1.165) is 16.0 Å². The quantitative estimate of drug-likeness (QED) is 0.921. The number of nitrogens with one attached hydrogen (secondary N) is 1. The minimum Gasteiger partial charge on any atom is -0.362 e. The fourth-order valence-corrected chi connectivity index (χ4v) is 1.39. The maximum atomic E-state index is 4.20. The summed E-state index contributed by atoms with van der Waals surface area (Å²) in [7, 11) is 0. The van der Waals surface area contributed by atoms with Crippen LogP contribution in [-0.2, 0) is 0 Å². The van der Waals surface area contributed by atoms with Gasteiger partial charge in [-0.1, -0.05) is 22.5 Å². The predicted octanol–water partition coefficient (Wildman–Crippen LogP) is 1.75. The van der Waals surface area contributed by atoms with Crippen LogP contribution in [-0.4, -0.2) is 26.1 Å². The van der Waals surface area contributed by atoms with Gasteiger partial charge in [0.2, 0.25) is 5.65 Å². The molecule has 0 aromatic carbocycles. The highest BCUT2D eigenvalue weighted by Crippen LogP contribution is 2.12. The largest absolute Gasteiger partial charge is 0.362 e. The van der Waals surface area contributed by atoms with Crippen LogP contribution < -0.4 is 5.32 Å². The highest BCUT2D eigenvalue weighted by molar-refractivity contribution is 9.11. The fourth-order valence-electron chi connectivity index (χ4n) is 1.25. The molecular weight excluding hydrogens is 258 g/mol. The predicted molar refractivity (Wildman–Crippen MR) is 62.1 cm³/mol. The van der Waals surface area contributed by atoms with E-state index in [2.05, 4.69) is 43.0 Å². The molecule has 2 aromatic rings. The molecule has 0 aliphatic carbocycles. The van der Waals surface area contributed by atoms with Gasteiger partial charge in [-0.2, -0.15) is 0 Å². The zero-order valence-electron chi connectivity index (χ0n) is 8.24. The van der Waals surface area contributed by atoms with Crippen LogP contribution in [0.4, 0.5) is 5.82 Å². The Morgan fingerprint density at radius 3 is 3.13 bits per heavy atom. The Hall–Kier alpha value is -1.43. The van der Waals surface area contributed by atoms with Gasteiger partial charge >= 0.3 is 0 Å². The molecule has 0 saturated heterocycles. The van der Waals surface area contributed by atoms with Crippen molar-refractivity contribution in [3.8, 4) is 0 Å². The average Bonchev–Trinajstić information content (AvgIpc) is 2.58. The zero-order chi connectivity index (χ0) is 10.8. The molecule has 0 fully saturated rings. The van der Waals surface area contributed by atoms with Gasteiger partial charge in [0.25, 0.3) is 0 Å². The normalized spacial score (nSPS) is 10.5. The molecule has 2 aromatic heterocycles. The summed E-state index contributed by atoms with van der Waals surface area (Å²) in [5.74, 6) is 1.55. The van der Waals surface area contributed by atoms with Crippen LogP contribution in [0.25, 0.3) is 5.65 Å². The molecule has 0 unspecified atom stereocenters. The van der Waals surface area contributed by atoms with Crippen LogP contribution in [0.5, 0.6) is 0 Å². The van der Waals surface area contributed by atoms with Gasteiger partial charge in [-0.15, -0.1) is 10.2 Å². The molecule has 0 amide bonds. The second-order valence-corrected chi connectivity index (χ2v) is 4.21. The summed E-state index contributed by atoms with van der Waals surface area (Å²) in [5, 5.41) is 11.1. The maximum Gasteiger partial charge on any atom is 0.203 e. The van der Waals surface area contributed by atoms with Crippen molar-refractivity contribution in [2.24, 2.45) is 0 Å². The summed E-state index contributed by atoms with van der Waals surface area (Å²) < 4.78 is 2.74. The van der Waals surface area contributed by atoms with E-state index in [4.69, 9.17) is 0 Å². The molecule has 6 heteroatoms. The number of anilines is 1. The van der Waals surface area contributed by atoms with E-state index >= 15 is 0 Å². The van der Waals surface area contributed by atoms with Gasteiger partial charge in [0.05, 0.1) is 0 Å². The number of hydrogen-bond acceptors (Lipinski definition) is 4. The zero-order valence-corrected chi connectivity index (χ0v) is 9.82. The summed E-state index contributed by atoms with van der Waals surface area (Å²) in [4.78, 5) is 4.20. The standard InChI is InChI=1S/C9H10BrN5/c1-6(10)5-12-8-9-14-13-7(2)15(9)4-3-11-8/h3-4H,1,5H2,2H3,(H,11,12). The van der Waals surface area contributed by atoms with E-state index < -0.39 is 0 Å². The first-order valence-electron chi connectivity index (χ1n) is 4.42. The van der Waals surface area contributed by atoms with E-state index in [-0.39, 0.29) is 0 Å². The van der Waals surface area contributed by atoms with Gasteiger partial charge in [-0.25, -0.2) is 4.98 Å². The molecule has 0 bridgehead atoms. The van der Waals surface area contributed by atoms with Gasteiger partial charge in [-0.05, 0) is 6.92 Å². The number of halogens is 1. The first kappa shape index (κ1) is 10.1. The lowest BCUT2D eigenvalue weighted by Gasteiger charge is -2.04. The minimum atomic E-state index is 0.610. The number of fused-ring (bicyclic) bond motifs is 1. The summed E-state index contributed by atoms with van der Waals surface area (Å²) in [6.07, 6.45) is 3.54. The lowest BCUT2D eigenvalue weighted by molar-refractivity contribution is 1.00. The molecule has 0 aliphatic heterocycles. The van der Waals surface area contributed by atoms with Crippen molar-refractivity contribution in [3.63, 3.8) is 0 Å². The van der Waals surface area contributed by atoms with Gasteiger partial charge in [-0.3, -0.25) is 4.40 Å². The average molecular weight is 268 g/mol. The third-order valence-electron chi connectivity index (χ3n) is 1.95. The molecule has 0 saturated carbocycles. The molecule has 0 aliphatic rings. The van der Waals surface area contributed by atoms with Crippen molar-refractivity contribution in [3.05, 3.63) is 29.3 Å². The molecule has 78 valence electrons. The van der Waals surface area contributed by atoms with E-state index in [1.165, 1.54) is 0 Å². The molecule has 1 N–H and O–H groups in total. The number of rotatable bonds is 3. The number of hydrogen-bond donors (Lipinski definition) is 1. The van der Waals surface area contributed by atoms with Gasteiger partial charge in [0, 0.05) is 23.4 Å². The Morgan fingerprint density at radius 2 is 2.40 bits per heavy atom. The molecule has 2 heterocycles. The second-order valence-electron chi connectivity index (χ2n) is 3.09. The molecular formula is C9H10BrN5. The Bertz CT molecular complexity index is 504. The first-order chi connectivity index (χ1) is 7.18. The smallest absolute Gasteiger partial charge is 0.203 e. The van der Waals surface area contributed by atoms with Gasteiger partial charge in [0.15, 0.2) is 5.82 Å². The summed E-state index contributed by atoms with van der Waals surface area (Å²) >= 11 is 3.27. The Kier molecular flexibility index (Phi) is 2.68. The Balaban J connectivity index is 2.38. The summed E-state index contributed by atoms with van der Waals surface area (Å²) in [6.45, 7) is 6.24. The van der Waals surface area contributed by atoms with Crippen LogP contribution in [0.1, 0.15) is 5.82 Å². The van der Waals surface area contributed by atoms with Crippen LogP contribution in [0, 0.1) is 6.92 Å². The van der Waals surface area contributed by atoms with Crippen molar-refractivity contribution in [2.75, 3.05) is 11.9 Å². The molecule has 0 spiro atoms. The Labute approximate surface area is 95.4 Å². The van der Waals surface area contributed by atoms with Gasteiger partial charge in [0.1, 0.15) is 5.82 Å². The summed E-state index contributed by atoms with van der Waals surface area (Å²) in [5.41, 5.74) is 0.726. The SMILES string of the molecule is C=C(Br)CNc1nccn2c(C)nnc12. The maximum absolute atomic E-state index is 4.20. The van der Waals surface area contributed by atoms with Crippen LogP contribution in [0.2, 0.25) is 0 Å². The minimum absolute atomic E-state index is 0.610. The molecule has 0 atom stereocenters. The molecule has 0 radical (unpaired) electrons. The van der Waals surface area contributed by atoms with Crippen molar-refractivity contribution in [1.82, 2.24) is 19.6 Å². The molecule has 2 rings (SSSR count). The summed E-state index contributed by atoms with van der Waals surface area (Å²) in [6, 6.07) is 0. The van der Waals surface area contributed by atoms with Crippen LogP contribution >= 0.6 is 15.9 Å². The first-order valence-corrected chi connectivity index (χ1v) is 5.21. The highest BCUT2D eigenvalue weighted by atomic mass is 79.9. The number of aromatic nitrogens is 4.